The second-order valence-corrected chi connectivity index (χ2v) is 7.62. The number of halogens is 1. The summed E-state index contributed by atoms with van der Waals surface area (Å²) in [6, 6.07) is 13.5. The van der Waals surface area contributed by atoms with Crippen molar-refractivity contribution in [2.75, 3.05) is 10.5 Å². The molecule has 8 heteroatoms. The molecule has 5 nitrogen and oxygen atoms in total. The number of nitrogen functional groups attached to an aromatic ring is 1. The van der Waals surface area contributed by atoms with Gasteiger partial charge in [-0.1, -0.05) is 35.9 Å². The summed E-state index contributed by atoms with van der Waals surface area (Å²) in [6.45, 7) is 0. The van der Waals surface area contributed by atoms with Crippen molar-refractivity contribution in [3.05, 3.63) is 58.9 Å². The zero-order chi connectivity index (χ0) is 16.4. The average Bonchev–Trinajstić information content (AvgIpc) is 2.95. The number of thiazole rings is 1. The van der Waals surface area contributed by atoms with Crippen molar-refractivity contribution in [3.63, 3.8) is 0 Å². The number of nitrogens with zero attached hydrogens (tertiary/aromatic N) is 1. The first-order valence-corrected chi connectivity index (χ1v) is 9.28. The van der Waals surface area contributed by atoms with Crippen molar-refractivity contribution in [3.8, 4) is 11.3 Å². The lowest BCUT2D eigenvalue weighted by Gasteiger charge is -2.06. The molecule has 0 saturated carbocycles. The fourth-order valence-corrected chi connectivity index (χ4v) is 4.48. The van der Waals surface area contributed by atoms with Crippen LogP contribution in [0.15, 0.2) is 58.8 Å². The summed E-state index contributed by atoms with van der Waals surface area (Å²) in [5.74, 6) is 0. The Morgan fingerprint density at radius 3 is 2.65 bits per heavy atom. The van der Waals surface area contributed by atoms with E-state index >= 15 is 0 Å². The van der Waals surface area contributed by atoms with Gasteiger partial charge in [0, 0.05) is 16.6 Å². The summed E-state index contributed by atoms with van der Waals surface area (Å²) >= 11 is 7.14. The Balaban J connectivity index is 1.89. The van der Waals surface area contributed by atoms with Gasteiger partial charge in [-0.2, -0.15) is 0 Å². The van der Waals surface area contributed by atoms with Gasteiger partial charge in [0.25, 0.3) is 10.0 Å². The Morgan fingerprint density at radius 1 is 1.13 bits per heavy atom. The van der Waals surface area contributed by atoms with Crippen LogP contribution >= 0.6 is 22.9 Å². The van der Waals surface area contributed by atoms with Crippen LogP contribution in [0.1, 0.15) is 0 Å². The highest BCUT2D eigenvalue weighted by Gasteiger charge is 2.19. The van der Waals surface area contributed by atoms with Crippen LogP contribution < -0.4 is 10.5 Å². The molecule has 1 aromatic heterocycles. The SMILES string of the molecule is Nc1cccc(-c2csc(NS(=O)(=O)c3ccccc3Cl)n2)c1. The molecule has 3 N–H and O–H groups in total. The Hall–Kier alpha value is -2.09. The first-order valence-electron chi connectivity index (χ1n) is 6.54. The lowest BCUT2D eigenvalue weighted by molar-refractivity contribution is 0.601. The molecule has 0 spiro atoms. The molecule has 2 aromatic carbocycles. The van der Waals surface area contributed by atoms with Gasteiger partial charge >= 0.3 is 0 Å². The third-order valence-electron chi connectivity index (χ3n) is 3.03. The quantitative estimate of drug-likeness (QED) is 0.688. The van der Waals surface area contributed by atoms with E-state index in [-0.39, 0.29) is 15.0 Å². The number of anilines is 2. The molecule has 0 saturated heterocycles. The number of sulfonamides is 1. The maximum Gasteiger partial charge on any atom is 0.265 e. The maximum atomic E-state index is 12.4. The largest absolute Gasteiger partial charge is 0.399 e. The van der Waals surface area contributed by atoms with Crippen LogP contribution in [0, 0.1) is 0 Å². The maximum absolute atomic E-state index is 12.4. The Bertz CT molecular complexity index is 955. The Morgan fingerprint density at radius 2 is 1.91 bits per heavy atom. The summed E-state index contributed by atoms with van der Waals surface area (Å²) in [5, 5.41) is 2.19. The van der Waals surface area contributed by atoms with Gasteiger partial charge in [-0.15, -0.1) is 11.3 Å². The van der Waals surface area contributed by atoms with Gasteiger partial charge in [0.1, 0.15) is 4.90 Å². The smallest absolute Gasteiger partial charge is 0.265 e. The molecule has 0 aliphatic heterocycles. The summed E-state index contributed by atoms with van der Waals surface area (Å²) in [7, 11) is -3.78. The van der Waals surface area contributed by atoms with Gasteiger partial charge in [0.2, 0.25) is 0 Å². The van der Waals surface area contributed by atoms with Crippen LogP contribution in [-0.4, -0.2) is 13.4 Å². The topological polar surface area (TPSA) is 85.1 Å². The van der Waals surface area contributed by atoms with Gasteiger partial charge in [-0.25, -0.2) is 13.4 Å². The van der Waals surface area contributed by atoms with Crippen molar-refractivity contribution >= 4 is 43.8 Å². The van der Waals surface area contributed by atoms with E-state index in [1.165, 1.54) is 23.5 Å². The molecule has 0 radical (unpaired) electrons. The number of benzene rings is 2. The van der Waals surface area contributed by atoms with E-state index in [9.17, 15) is 8.42 Å². The summed E-state index contributed by atoms with van der Waals surface area (Å²) in [5.41, 5.74) is 7.84. The zero-order valence-corrected chi connectivity index (χ0v) is 14.1. The van der Waals surface area contributed by atoms with Crippen molar-refractivity contribution < 1.29 is 8.42 Å². The molecule has 1 heterocycles. The molecule has 0 aliphatic carbocycles. The van der Waals surface area contributed by atoms with Gasteiger partial charge in [0.05, 0.1) is 10.7 Å². The third kappa shape index (κ3) is 3.47. The van der Waals surface area contributed by atoms with Crippen LogP contribution in [0.3, 0.4) is 0 Å². The van der Waals surface area contributed by atoms with Gasteiger partial charge in [-0.05, 0) is 24.3 Å². The fraction of sp³-hybridized carbons (Fsp3) is 0. The second-order valence-electron chi connectivity index (χ2n) is 4.70. The second kappa shape index (κ2) is 6.19. The van der Waals surface area contributed by atoms with E-state index in [1.807, 2.05) is 12.1 Å². The van der Waals surface area contributed by atoms with E-state index in [1.54, 1.807) is 29.6 Å². The minimum Gasteiger partial charge on any atom is -0.399 e. The monoisotopic (exact) mass is 365 g/mol. The van der Waals surface area contributed by atoms with Gasteiger partial charge in [0.15, 0.2) is 5.13 Å². The number of nitrogens with two attached hydrogens (primary N) is 1. The molecule has 0 aliphatic rings. The van der Waals surface area contributed by atoms with Crippen molar-refractivity contribution in [2.24, 2.45) is 0 Å². The molecule has 3 rings (SSSR count). The fourth-order valence-electron chi connectivity index (χ4n) is 1.98. The number of aromatic nitrogens is 1. The number of hydrogen-bond donors (Lipinski definition) is 2. The highest BCUT2D eigenvalue weighted by atomic mass is 35.5. The van der Waals surface area contributed by atoms with Crippen molar-refractivity contribution in [1.82, 2.24) is 4.98 Å². The van der Waals surface area contributed by atoms with E-state index < -0.39 is 10.0 Å². The summed E-state index contributed by atoms with van der Waals surface area (Å²) < 4.78 is 27.2. The molecule has 0 bridgehead atoms. The average molecular weight is 366 g/mol. The molecule has 0 amide bonds. The molecule has 0 fully saturated rings. The first kappa shape index (κ1) is 15.8. The molecular weight excluding hydrogens is 354 g/mol. The van der Waals surface area contributed by atoms with Crippen LogP contribution in [0.2, 0.25) is 5.02 Å². The zero-order valence-electron chi connectivity index (χ0n) is 11.7. The van der Waals surface area contributed by atoms with Gasteiger partial charge < -0.3 is 5.73 Å². The number of nitrogens with one attached hydrogen (secondary N) is 1. The predicted octanol–water partition coefficient (Wildman–Crippen LogP) is 3.85. The Kier molecular flexibility index (Phi) is 4.25. The lowest BCUT2D eigenvalue weighted by Crippen LogP contribution is -2.13. The predicted molar refractivity (Wildman–Crippen MR) is 94.2 cm³/mol. The summed E-state index contributed by atoms with van der Waals surface area (Å²) in [4.78, 5) is 4.31. The van der Waals surface area contributed by atoms with Crippen LogP contribution in [0.25, 0.3) is 11.3 Å². The molecule has 23 heavy (non-hydrogen) atoms. The molecular formula is C15H12ClN3O2S2. The Labute approximate surface area is 142 Å². The molecule has 0 atom stereocenters. The van der Waals surface area contributed by atoms with Gasteiger partial charge in [-0.3, -0.25) is 4.72 Å². The van der Waals surface area contributed by atoms with Crippen molar-refractivity contribution in [2.45, 2.75) is 4.90 Å². The van der Waals surface area contributed by atoms with E-state index in [0.29, 0.717) is 11.4 Å². The normalized spacial score (nSPS) is 11.3. The number of rotatable bonds is 4. The van der Waals surface area contributed by atoms with E-state index in [0.717, 1.165) is 5.56 Å². The standard InChI is InChI=1S/C15H12ClN3O2S2/c16-12-6-1-2-7-14(12)23(20,21)19-15-18-13(9-22-15)10-4-3-5-11(17)8-10/h1-9H,17H2,(H,18,19). The molecule has 3 aromatic rings. The minimum atomic E-state index is -3.78. The highest BCUT2D eigenvalue weighted by molar-refractivity contribution is 7.93. The third-order valence-corrected chi connectivity index (χ3v) is 5.76. The first-order chi connectivity index (χ1) is 11.0. The molecule has 118 valence electrons. The van der Waals surface area contributed by atoms with Crippen LogP contribution in [0.5, 0.6) is 0 Å². The van der Waals surface area contributed by atoms with Crippen LogP contribution in [0.4, 0.5) is 10.8 Å². The van der Waals surface area contributed by atoms with Crippen LogP contribution in [-0.2, 0) is 10.0 Å². The molecule has 0 unspecified atom stereocenters. The van der Waals surface area contributed by atoms with Crippen molar-refractivity contribution in [1.29, 1.82) is 0 Å². The van der Waals surface area contributed by atoms with E-state index in [2.05, 4.69) is 9.71 Å². The minimum absolute atomic E-state index is 0.0161. The van der Waals surface area contributed by atoms with E-state index in [4.69, 9.17) is 17.3 Å². The lowest BCUT2D eigenvalue weighted by atomic mass is 10.1. The highest BCUT2D eigenvalue weighted by Crippen LogP contribution is 2.29. The summed E-state index contributed by atoms with van der Waals surface area (Å²) in [6.07, 6.45) is 0. The number of hydrogen-bond acceptors (Lipinski definition) is 5.